The topological polar surface area (TPSA) is 89.0 Å². The van der Waals surface area contributed by atoms with E-state index in [2.05, 4.69) is 31.8 Å². The van der Waals surface area contributed by atoms with Gasteiger partial charge in [0.2, 0.25) is 0 Å². The van der Waals surface area contributed by atoms with Crippen molar-refractivity contribution < 1.29 is 19.1 Å². The van der Waals surface area contributed by atoms with Crippen molar-refractivity contribution in [1.82, 2.24) is 10.7 Å². The van der Waals surface area contributed by atoms with Crippen LogP contribution >= 0.6 is 15.9 Å². The Morgan fingerprint density at radius 3 is 2.39 bits per heavy atom. The van der Waals surface area contributed by atoms with Gasteiger partial charge < -0.3 is 14.8 Å². The summed E-state index contributed by atoms with van der Waals surface area (Å²) < 4.78 is 12.2. The van der Waals surface area contributed by atoms with Crippen molar-refractivity contribution in [2.45, 2.75) is 33.4 Å². The summed E-state index contributed by atoms with van der Waals surface area (Å²) >= 11 is 3.53. The minimum absolute atomic E-state index is 0.132. The fourth-order valence-corrected chi connectivity index (χ4v) is 3.96. The molecule has 0 aromatic heterocycles. The summed E-state index contributed by atoms with van der Waals surface area (Å²) in [6.45, 7) is 6.15. The average molecular weight is 552 g/mol. The molecule has 0 aliphatic heterocycles. The Balaban J connectivity index is 1.65. The van der Waals surface area contributed by atoms with E-state index in [0.717, 1.165) is 5.56 Å². The van der Waals surface area contributed by atoms with Gasteiger partial charge in [0.25, 0.3) is 11.8 Å². The zero-order valence-electron chi connectivity index (χ0n) is 20.7. The third kappa shape index (κ3) is 7.42. The van der Waals surface area contributed by atoms with Gasteiger partial charge in [0.1, 0.15) is 12.6 Å². The molecule has 3 rings (SSSR count). The van der Waals surface area contributed by atoms with Gasteiger partial charge in [0.05, 0.1) is 17.8 Å². The monoisotopic (exact) mass is 551 g/mol. The summed E-state index contributed by atoms with van der Waals surface area (Å²) in [5, 5.41) is 6.86. The van der Waals surface area contributed by atoms with Gasteiger partial charge in [-0.25, -0.2) is 5.43 Å². The zero-order chi connectivity index (χ0) is 26.1. The molecule has 7 nitrogen and oxygen atoms in total. The average Bonchev–Trinajstić information content (AvgIpc) is 2.87. The molecular formula is C28H30BrN3O4. The minimum Gasteiger partial charge on any atom is -0.493 e. The molecule has 0 aliphatic rings. The molecule has 188 valence electrons. The second kappa shape index (κ2) is 12.9. The number of methoxy groups -OCH3 is 1. The van der Waals surface area contributed by atoms with Crippen LogP contribution < -0.4 is 20.2 Å². The molecule has 0 fully saturated rings. The third-order valence-electron chi connectivity index (χ3n) is 5.42. The second-order valence-corrected chi connectivity index (χ2v) is 9.46. The van der Waals surface area contributed by atoms with E-state index >= 15 is 0 Å². The van der Waals surface area contributed by atoms with Crippen molar-refractivity contribution in [1.29, 1.82) is 0 Å². The summed E-state index contributed by atoms with van der Waals surface area (Å²) in [6, 6.07) is 19.7. The van der Waals surface area contributed by atoms with E-state index in [0.29, 0.717) is 33.7 Å². The summed E-state index contributed by atoms with van der Waals surface area (Å²) in [5.74, 6) is 0.243. The van der Waals surface area contributed by atoms with Crippen molar-refractivity contribution in [3.05, 3.63) is 93.5 Å². The maximum Gasteiger partial charge on any atom is 0.262 e. The maximum atomic E-state index is 12.7. The normalized spacial score (nSPS) is 11.8. The Morgan fingerprint density at radius 2 is 1.75 bits per heavy atom. The number of hydrazone groups is 1. The quantitative estimate of drug-likeness (QED) is 0.266. The van der Waals surface area contributed by atoms with E-state index < -0.39 is 11.9 Å². The first-order valence-electron chi connectivity index (χ1n) is 11.5. The van der Waals surface area contributed by atoms with Crippen molar-refractivity contribution in [2.75, 3.05) is 7.11 Å². The highest BCUT2D eigenvalue weighted by atomic mass is 79.9. The van der Waals surface area contributed by atoms with Crippen molar-refractivity contribution in [2.24, 2.45) is 11.0 Å². The van der Waals surface area contributed by atoms with Gasteiger partial charge in [0.15, 0.2) is 11.5 Å². The summed E-state index contributed by atoms with van der Waals surface area (Å²) in [5.41, 5.74) is 5.93. The number of ether oxygens (including phenoxy) is 2. The van der Waals surface area contributed by atoms with Crippen LogP contribution in [0.3, 0.4) is 0 Å². The number of nitrogens with zero attached hydrogens (tertiary/aromatic N) is 1. The van der Waals surface area contributed by atoms with Crippen LogP contribution in [0.1, 0.15) is 40.9 Å². The molecule has 36 heavy (non-hydrogen) atoms. The van der Waals surface area contributed by atoms with Gasteiger partial charge in [0, 0.05) is 5.56 Å². The lowest BCUT2D eigenvalue weighted by molar-refractivity contribution is -0.123. The predicted molar refractivity (Wildman–Crippen MR) is 144 cm³/mol. The Kier molecular flexibility index (Phi) is 9.64. The number of nitrogens with one attached hydrogen (secondary N) is 2. The molecule has 1 unspecified atom stereocenters. The number of carbonyl (C=O) groups excluding carboxylic acids is 2. The molecule has 0 aliphatic carbocycles. The molecule has 0 heterocycles. The van der Waals surface area contributed by atoms with Crippen LogP contribution in [0.4, 0.5) is 0 Å². The van der Waals surface area contributed by atoms with Gasteiger partial charge in [-0.15, -0.1) is 0 Å². The Bertz CT molecular complexity index is 1210. The molecule has 0 saturated carbocycles. The molecule has 0 spiro atoms. The van der Waals surface area contributed by atoms with Crippen LogP contribution in [0, 0.1) is 12.8 Å². The fraction of sp³-hybridized carbons (Fsp3) is 0.250. The fourth-order valence-electron chi connectivity index (χ4n) is 3.38. The van der Waals surface area contributed by atoms with Gasteiger partial charge in [-0.1, -0.05) is 61.9 Å². The number of aryl methyl sites for hydroxylation is 1. The van der Waals surface area contributed by atoms with Gasteiger partial charge in [-0.05, 0) is 64.2 Å². The first-order chi connectivity index (χ1) is 17.3. The highest BCUT2D eigenvalue weighted by Gasteiger charge is 2.24. The van der Waals surface area contributed by atoms with Crippen LogP contribution in [0.25, 0.3) is 0 Å². The summed E-state index contributed by atoms with van der Waals surface area (Å²) in [6.07, 6.45) is 1.51. The molecule has 0 saturated heterocycles. The van der Waals surface area contributed by atoms with Crippen LogP contribution in [-0.4, -0.2) is 31.2 Å². The second-order valence-electron chi connectivity index (χ2n) is 8.60. The van der Waals surface area contributed by atoms with Gasteiger partial charge in [-0.2, -0.15) is 5.10 Å². The highest BCUT2D eigenvalue weighted by Crippen LogP contribution is 2.36. The minimum atomic E-state index is -0.742. The maximum absolute atomic E-state index is 12.7. The van der Waals surface area contributed by atoms with Gasteiger partial charge in [-0.3, -0.25) is 9.59 Å². The molecule has 1 atom stereocenters. The number of carbonyl (C=O) groups is 2. The van der Waals surface area contributed by atoms with E-state index in [1.807, 2.05) is 57.2 Å². The zero-order valence-corrected chi connectivity index (χ0v) is 22.3. The Morgan fingerprint density at radius 1 is 1.06 bits per heavy atom. The standard InChI is InChI=1S/C28H30BrN3O4/c1-18(2)25(31-27(33)22-8-6-5-7-9-22)28(34)32-30-16-21-14-23(29)26(24(15-21)35-4)36-17-20-12-10-19(3)11-13-20/h5-16,18,25H,17H2,1-4H3,(H,31,33)(H,32,34). The first-order valence-corrected chi connectivity index (χ1v) is 12.3. The molecule has 3 aromatic carbocycles. The van der Waals surface area contributed by atoms with E-state index in [1.54, 1.807) is 37.4 Å². The lowest BCUT2D eigenvalue weighted by Crippen LogP contribution is -2.48. The summed E-state index contributed by atoms with van der Waals surface area (Å²) in [4.78, 5) is 25.2. The summed E-state index contributed by atoms with van der Waals surface area (Å²) in [7, 11) is 1.56. The predicted octanol–water partition coefficient (Wildman–Crippen LogP) is 5.25. The molecule has 0 radical (unpaired) electrons. The van der Waals surface area contributed by atoms with E-state index in [4.69, 9.17) is 9.47 Å². The van der Waals surface area contributed by atoms with E-state index in [-0.39, 0.29) is 11.8 Å². The van der Waals surface area contributed by atoms with Crippen molar-refractivity contribution in [3.63, 3.8) is 0 Å². The van der Waals surface area contributed by atoms with Crippen LogP contribution in [-0.2, 0) is 11.4 Å². The molecule has 0 bridgehead atoms. The molecule has 2 N–H and O–H groups in total. The number of hydrogen-bond donors (Lipinski definition) is 2. The number of halogens is 1. The van der Waals surface area contributed by atoms with Crippen molar-refractivity contribution >= 4 is 34.0 Å². The SMILES string of the molecule is COc1cc(C=NNC(=O)C(NC(=O)c2ccccc2)C(C)C)cc(Br)c1OCc1ccc(C)cc1. The van der Waals surface area contributed by atoms with Crippen molar-refractivity contribution in [3.8, 4) is 11.5 Å². The first kappa shape index (κ1) is 26.9. The number of hydrogen-bond acceptors (Lipinski definition) is 5. The van der Waals surface area contributed by atoms with Gasteiger partial charge >= 0.3 is 0 Å². The molecular weight excluding hydrogens is 522 g/mol. The molecule has 3 aromatic rings. The number of amides is 2. The van der Waals surface area contributed by atoms with E-state index in [1.165, 1.54) is 11.8 Å². The molecule has 2 amide bonds. The third-order valence-corrected chi connectivity index (χ3v) is 6.00. The van der Waals surface area contributed by atoms with E-state index in [9.17, 15) is 9.59 Å². The van der Waals surface area contributed by atoms with Crippen LogP contribution in [0.2, 0.25) is 0 Å². The van der Waals surface area contributed by atoms with Crippen LogP contribution in [0.15, 0.2) is 76.3 Å². The highest BCUT2D eigenvalue weighted by molar-refractivity contribution is 9.10. The lowest BCUT2D eigenvalue weighted by atomic mass is 10.0. The Hall–Kier alpha value is -3.65. The lowest BCUT2D eigenvalue weighted by Gasteiger charge is -2.20. The number of rotatable bonds is 10. The largest absolute Gasteiger partial charge is 0.493 e. The smallest absolute Gasteiger partial charge is 0.262 e. The molecule has 8 heteroatoms. The van der Waals surface area contributed by atoms with Crippen LogP contribution in [0.5, 0.6) is 11.5 Å². The Labute approximate surface area is 220 Å². The number of benzene rings is 3.